The van der Waals surface area contributed by atoms with Gasteiger partial charge in [0.05, 0.1) is 13.2 Å². The molecule has 96 valence electrons. The lowest BCUT2D eigenvalue weighted by Crippen LogP contribution is -2.23. The van der Waals surface area contributed by atoms with Crippen molar-refractivity contribution in [3.05, 3.63) is 71.9 Å². The zero-order valence-electron chi connectivity index (χ0n) is 10.7. The number of hydrogen-bond acceptors (Lipinski definition) is 2. The minimum atomic E-state index is 0.133. The van der Waals surface area contributed by atoms with E-state index < -0.39 is 0 Å². The summed E-state index contributed by atoms with van der Waals surface area (Å²) in [4.78, 5) is 12.4. The molecule has 1 heterocycles. The Balaban J connectivity index is 1.79. The van der Waals surface area contributed by atoms with E-state index in [-0.39, 0.29) is 17.6 Å². The summed E-state index contributed by atoms with van der Waals surface area (Å²) in [6.07, 6.45) is 20.3. The van der Waals surface area contributed by atoms with Crippen LogP contribution < -0.4 is 0 Å². The Morgan fingerprint density at radius 2 is 1.26 bits per heavy atom. The first-order valence-electron chi connectivity index (χ1n) is 6.57. The Morgan fingerprint density at radius 1 is 0.842 bits per heavy atom. The number of allylic oxidation sites excluding steroid dienone is 10. The van der Waals surface area contributed by atoms with Crippen molar-refractivity contribution in [2.45, 2.75) is 0 Å². The first kappa shape index (κ1) is 12.1. The van der Waals surface area contributed by atoms with Crippen LogP contribution >= 0.6 is 0 Å². The monoisotopic (exact) mass is 252 g/mol. The number of carbonyl (C=O) groups is 1. The maximum atomic E-state index is 12.4. The molecule has 2 aliphatic carbocycles. The third-order valence-electron chi connectivity index (χ3n) is 3.44. The van der Waals surface area contributed by atoms with Crippen LogP contribution in [0.15, 0.2) is 71.9 Å². The SMILES string of the molecule is O=C1/C(=C/C2C=CC=C2)COC/C1=C\C1C=CC=C1. The second-order valence-electron chi connectivity index (χ2n) is 4.90. The average molecular weight is 252 g/mol. The van der Waals surface area contributed by atoms with E-state index in [1.165, 1.54) is 0 Å². The van der Waals surface area contributed by atoms with Gasteiger partial charge in [-0.2, -0.15) is 0 Å². The fourth-order valence-electron chi connectivity index (χ4n) is 2.44. The van der Waals surface area contributed by atoms with Crippen molar-refractivity contribution in [3.63, 3.8) is 0 Å². The Kier molecular flexibility index (Phi) is 3.43. The van der Waals surface area contributed by atoms with Crippen molar-refractivity contribution >= 4 is 5.78 Å². The first-order valence-corrected chi connectivity index (χ1v) is 6.57. The summed E-state index contributed by atoms with van der Waals surface area (Å²) in [5, 5.41) is 0. The fourth-order valence-corrected chi connectivity index (χ4v) is 2.44. The van der Waals surface area contributed by atoms with Gasteiger partial charge in [-0.15, -0.1) is 0 Å². The lowest BCUT2D eigenvalue weighted by Gasteiger charge is -2.18. The van der Waals surface area contributed by atoms with Gasteiger partial charge < -0.3 is 4.74 Å². The minimum absolute atomic E-state index is 0.133. The summed E-state index contributed by atoms with van der Waals surface area (Å²) in [7, 11) is 0. The Hall–Kier alpha value is -1.93. The molecule has 1 saturated heterocycles. The van der Waals surface area contributed by atoms with Crippen molar-refractivity contribution in [1.29, 1.82) is 0 Å². The van der Waals surface area contributed by atoms with Crippen LogP contribution in [0.5, 0.6) is 0 Å². The molecule has 0 atom stereocenters. The molecule has 0 unspecified atom stereocenters. The van der Waals surface area contributed by atoms with Crippen molar-refractivity contribution in [2.75, 3.05) is 13.2 Å². The van der Waals surface area contributed by atoms with Gasteiger partial charge in [0.1, 0.15) is 0 Å². The largest absolute Gasteiger partial charge is 0.372 e. The molecule has 2 heteroatoms. The van der Waals surface area contributed by atoms with Crippen LogP contribution in [-0.4, -0.2) is 19.0 Å². The van der Waals surface area contributed by atoms with E-state index in [1.54, 1.807) is 0 Å². The van der Waals surface area contributed by atoms with Crippen molar-refractivity contribution in [2.24, 2.45) is 11.8 Å². The minimum Gasteiger partial charge on any atom is -0.372 e. The number of rotatable bonds is 2. The molecule has 0 aromatic carbocycles. The van der Waals surface area contributed by atoms with Crippen molar-refractivity contribution in [3.8, 4) is 0 Å². The van der Waals surface area contributed by atoms with Crippen LogP contribution in [0.1, 0.15) is 0 Å². The molecule has 0 bridgehead atoms. The molecule has 0 N–H and O–H groups in total. The van der Waals surface area contributed by atoms with Crippen LogP contribution in [0.2, 0.25) is 0 Å². The van der Waals surface area contributed by atoms with Crippen LogP contribution in [0.4, 0.5) is 0 Å². The number of Topliss-reactive ketones (excluding diaryl/α,β-unsaturated/α-hetero) is 1. The molecule has 1 fully saturated rings. The molecule has 0 amide bonds. The smallest absolute Gasteiger partial charge is 0.189 e. The highest BCUT2D eigenvalue weighted by atomic mass is 16.5. The predicted octanol–water partition coefficient (Wildman–Crippen LogP) is 2.92. The standard InChI is InChI=1S/C17H16O2/c18-17-15(9-13-5-1-2-6-13)11-19-12-16(17)10-14-7-3-4-8-14/h1-10,13-14H,11-12H2/b15-9+,16-10+. The molecular weight excluding hydrogens is 236 g/mol. The summed E-state index contributed by atoms with van der Waals surface area (Å²) in [6, 6.07) is 0. The summed E-state index contributed by atoms with van der Waals surface area (Å²) in [5.41, 5.74) is 1.54. The van der Waals surface area contributed by atoms with Gasteiger partial charge in [-0.1, -0.05) is 60.8 Å². The maximum absolute atomic E-state index is 12.4. The number of carbonyl (C=O) groups excluding carboxylic acids is 1. The Labute approximate surface area is 113 Å². The summed E-state index contributed by atoms with van der Waals surface area (Å²) in [5.74, 6) is 0.593. The van der Waals surface area contributed by atoms with E-state index in [0.717, 1.165) is 11.1 Å². The number of hydrogen-bond donors (Lipinski definition) is 0. The topological polar surface area (TPSA) is 26.3 Å². The van der Waals surface area contributed by atoms with Gasteiger partial charge in [0.2, 0.25) is 0 Å². The molecule has 19 heavy (non-hydrogen) atoms. The maximum Gasteiger partial charge on any atom is 0.189 e. The molecule has 3 aliphatic rings. The highest BCUT2D eigenvalue weighted by Crippen LogP contribution is 2.22. The fraction of sp³-hybridized carbons (Fsp3) is 0.235. The quantitative estimate of drug-likeness (QED) is 0.706. The number of ether oxygens (including phenoxy) is 1. The summed E-state index contributed by atoms with van der Waals surface area (Å²) < 4.78 is 5.53. The predicted molar refractivity (Wildman–Crippen MR) is 75.5 cm³/mol. The molecular formula is C17H16O2. The van der Waals surface area contributed by atoms with Gasteiger partial charge in [0.25, 0.3) is 0 Å². The van der Waals surface area contributed by atoms with Gasteiger partial charge in [-0.3, -0.25) is 4.79 Å². The van der Waals surface area contributed by atoms with Crippen molar-refractivity contribution in [1.82, 2.24) is 0 Å². The highest BCUT2D eigenvalue weighted by molar-refractivity contribution is 6.09. The van der Waals surface area contributed by atoms with E-state index in [1.807, 2.05) is 36.5 Å². The van der Waals surface area contributed by atoms with Gasteiger partial charge in [-0.25, -0.2) is 0 Å². The lowest BCUT2D eigenvalue weighted by atomic mass is 9.95. The second kappa shape index (κ2) is 5.37. The zero-order valence-corrected chi connectivity index (χ0v) is 10.7. The molecule has 0 saturated carbocycles. The first-order chi connectivity index (χ1) is 9.33. The summed E-state index contributed by atoms with van der Waals surface area (Å²) in [6.45, 7) is 0.843. The molecule has 1 aliphatic heterocycles. The van der Waals surface area contributed by atoms with E-state index in [0.29, 0.717) is 13.2 Å². The van der Waals surface area contributed by atoms with E-state index in [9.17, 15) is 4.79 Å². The van der Waals surface area contributed by atoms with Gasteiger partial charge in [-0.05, 0) is 0 Å². The van der Waals surface area contributed by atoms with E-state index >= 15 is 0 Å². The molecule has 2 nitrogen and oxygen atoms in total. The third kappa shape index (κ3) is 2.74. The van der Waals surface area contributed by atoms with Crippen molar-refractivity contribution < 1.29 is 9.53 Å². The number of ketones is 1. The highest BCUT2D eigenvalue weighted by Gasteiger charge is 2.22. The summed E-state index contributed by atoms with van der Waals surface area (Å²) >= 11 is 0. The molecule has 0 aromatic heterocycles. The normalized spacial score (nSPS) is 27.5. The third-order valence-corrected chi connectivity index (χ3v) is 3.44. The van der Waals surface area contributed by atoms with Crippen LogP contribution in [0, 0.1) is 11.8 Å². The van der Waals surface area contributed by atoms with Gasteiger partial charge >= 0.3 is 0 Å². The zero-order chi connectivity index (χ0) is 13.1. The molecule has 0 aromatic rings. The van der Waals surface area contributed by atoms with E-state index in [4.69, 9.17) is 4.74 Å². The molecule has 3 rings (SSSR count). The second-order valence-corrected chi connectivity index (χ2v) is 4.90. The molecule has 0 spiro atoms. The van der Waals surface area contributed by atoms with Crippen LogP contribution in [-0.2, 0) is 9.53 Å². The van der Waals surface area contributed by atoms with Gasteiger partial charge in [0, 0.05) is 23.0 Å². The molecule has 0 radical (unpaired) electrons. The Bertz CT molecular complexity index is 484. The van der Waals surface area contributed by atoms with E-state index in [2.05, 4.69) is 24.3 Å². The average Bonchev–Trinajstić information content (AvgIpc) is 3.07. The van der Waals surface area contributed by atoms with Crippen LogP contribution in [0.3, 0.4) is 0 Å². The van der Waals surface area contributed by atoms with Gasteiger partial charge in [0.15, 0.2) is 5.78 Å². The van der Waals surface area contributed by atoms with Crippen LogP contribution in [0.25, 0.3) is 0 Å². The Morgan fingerprint density at radius 3 is 1.68 bits per heavy atom. The lowest BCUT2D eigenvalue weighted by molar-refractivity contribution is -0.114.